The van der Waals surface area contributed by atoms with Gasteiger partial charge in [0.05, 0.1) is 12.2 Å². The summed E-state index contributed by atoms with van der Waals surface area (Å²) in [7, 11) is 0. The molecule has 0 radical (unpaired) electrons. The molecule has 1 fully saturated rings. The van der Waals surface area contributed by atoms with Gasteiger partial charge in [0.15, 0.2) is 0 Å². The average molecular weight is 253 g/mol. The molecule has 100 valence electrons. The highest BCUT2D eigenvalue weighted by atomic mass is 19.1. The highest BCUT2D eigenvalue weighted by Gasteiger charge is 2.27. The molecule has 3 nitrogen and oxygen atoms in total. The number of hydrogen-bond donors (Lipinski definition) is 2. The van der Waals surface area contributed by atoms with E-state index in [2.05, 4.69) is 4.90 Å². The molecule has 0 aromatic heterocycles. The number of aliphatic hydroxyl groups excluding tert-OH is 2. The standard InChI is InChI=1S/C14H20FNO2/c1-9(17)11-5-6-16(8-11)14-4-3-12(15)7-13(14)10(2)18/h3-4,7,9-11,17-18H,5-6,8H2,1-2H3/t9?,10-,11?/m0/s1. The van der Waals surface area contributed by atoms with Crippen molar-refractivity contribution in [3.63, 3.8) is 0 Å². The van der Waals surface area contributed by atoms with E-state index in [1.54, 1.807) is 19.9 Å². The molecule has 1 heterocycles. The number of nitrogens with zero attached hydrogens (tertiary/aromatic N) is 1. The first-order chi connectivity index (χ1) is 8.49. The molecular formula is C14H20FNO2. The third-order valence-electron chi connectivity index (χ3n) is 3.69. The van der Waals surface area contributed by atoms with Gasteiger partial charge in [0.25, 0.3) is 0 Å². The first-order valence-electron chi connectivity index (χ1n) is 6.39. The molecule has 2 N–H and O–H groups in total. The zero-order valence-electron chi connectivity index (χ0n) is 10.8. The van der Waals surface area contributed by atoms with Crippen LogP contribution in [0.3, 0.4) is 0 Å². The predicted octanol–water partition coefficient (Wildman–Crippen LogP) is 2.09. The fourth-order valence-corrected chi connectivity index (χ4v) is 2.55. The lowest BCUT2D eigenvalue weighted by Crippen LogP contribution is -2.25. The van der Waals surface area contributed by atoms with E-state index in [1.165, 1.54) is 12.1 Å². The number of anilines is 1. The summed E-state index contributed by atoms with van der Waals surface area (Å²) in [6.45, 7) is 5.03. The minimum absolute atomic E-state index is 0.247. The fraction of sp³-hybridized carbons (Fsp3) is 0.571. The van der Waals surface area contributed by atoms with Gasteiger partial charge in [0.2, 0.25) is 0 Å². The number of hydrogen-bond acceptors (Lipinski definition) is 3. The van der Waals surface area contributed by atoms with E-state index in [-0.39, 0.29) is 17.8 Å². The number of halogens is 1. The Labute approximate surface area is 107 Å². The van der Waals surface area contributed by atoms with Crippen LogP contribution in [0.15, 0.2) is 18.2 Å². The van der Waals surface area contributed by atoms with Crippen molar-refractivity contribution < 1.29 is 14.6 Å². The van der Waals surface area contributed by atoms with E-state index in [0.29, 0.717) is 5.56 Å². The largest absolute Gasteiger partial charge is 0.393 e. The van der Waals surface area contributed by atoms with Crippen molar-refractivity contribution in [1.29, 1.82) is 0 Å². The zero-order chi connectivity index (χ0) is 13.3. The number of aliphatic hydroxyl groups is 2. The Bertz CT molecular complexity index is 420. The van der Waals surface area contributed by atoms with E-state index >= 15 is 0 Å². The fourth-order valence-electron chi connectivity index (χ4n) is 2.55. The van der Waals surface area contributed by atoms with Crippen LogP contribution in [0.1, 0.15) is 31.9 Å². The molecule has 18 heavy (non-hydrogen) atoms. The van der Waals surface area contributed by atoms with E-state index in [0.717, 1.165) is 25.2 Å². The molecule has 2 unspecified atom stereocenters. The van der Waals surface area contributed by atoms with Crippen LogP contribution in [-0.4, -0.2) is 29.4 Å². The van der Waals surface area contributed by atoms with Crippen molar-refractivity contribution in [3.8, 4) is 0 Å². The lowest BCUT2D eigenvalue weighted by atomic mass is 10.0. The van der Waals surface area contributed by atoms with Gasteiger partial charge in [-0.3, -0.25) is 0 Å². The van der Waals surface area contributed by atoms with Crippen LogP contribution in [0, 0.1) is 11.7 Å². The van der Waals surface area contributed by atoms with Gasteiger partial charge in [0.1, 0.15) is 5.82 Å². The summed E-state index contributed by atoms with van der Waals surface area (Å²) in [5.41, 5.74) is 1.48. The van der Waals surface area contributed by atoms with Crippen molar-refractivity contribution in [2.75, 3.05) is 18.0 Å². The molecule has 3 atom stereocenters. The molecule has 0 bridgehead atoms. The Balaban J connectivity index is 2.24. The maximum atomic E-state index is 13.2. The molecular weight excluding hydrogens is 233 g/mol. The summed E-state index contributed by atoms with van der Waals surface area (Å²) in [5, 5.41) is 19.3. The van der Waals surface area contributed by atoms with Gasteiger partial charge in [-0.15, -0.1) is 0 Å². The van der Waals surface area contributed by atoms with Crippen molar-refractivity contribution in [1.82, 2.24) is 0 Å². The minimum Gasteiger partial charge on any atom is -0.393 e. The monoisotopic (exact) mass is 253 g/mol. The van der Waals surface area contributed by atoms with Gasteiger partial charge in [-0.1, -0.05) is 0 Å². The first-order valence-corrected chi connectivity index (χ1v) is 6.39. The van der Waals surface area contributed by atoms with Gasteiger partial charge in [-0.05, 0) is 38.5 Å². The van der Waals surface area contributed by atoms with Gasteiger partial charge < -0.3 is 15.1 Å². The third kappa shape index (κ3) is 2.65. The van der Waals surface area contributed by atoms with Crippen molar-refractivity contribution in [2.24, 2.45) is 5.92 Å². The molecule has 1 aromatic carbocycles. The summed E-state index contributed by atoms with van der Waals surface area (Å²) in [6.07, 6.45) is -0.0966. The summed E-state index contributed by atoms with van der Waals surface area (Å²) >= 11 is 0. The van der Waals surface area contributed by atoms with Gasteiger partial charge in [-0.25, -0.2) is 4.39 Å². The first kappa shape index (κ1) is 13.3. The molecule has 2 rings (SSSR count). The van der Waals surface area contributed by atoms with Gasteiger partial charge >= 0.3 is 0 Å². The van der Waals surface area contributed by atoms with Crippen LogP contribution >= 0.6 is 0 Å². The second kappa shape index (κ2) is 5.24. The topological polar surface area (TPSA) is 43.7 Å². The molecule has 1 aromatic rings. The van der Waals surface area contributed by atoms with E-state index < -0.39 is 6.10 Å². The van der Waals surface area contributed by atoms with Crippen molar-refractivity contribution in [3.05, 3.63) is 29.6 Å². The van der Waals surface area contributed by atoms with Crippen LogP contribution in [0.2, 0.25) is 0 Å². The Hall–Kier alpha value is -1.13. The van der Waals surface area contributed by atoms with Crippen LogP contribution in [0.25, 0.3) is 0 Å². The van der Waals surface area contributed by atoms with Crippen molar-refractivity contribution in [2.45, 2.75) is 32.5 Å². The molecule has 4 heteroatoms. The second-order valence-electron chi connectivity index (χ2n) is 5.11. The van der Waals surface area contributed by atoms with Crippen LogP contribution < -0.4 is 4.90 Å². The maximum Gasteiger partial charge on any atom is 0.123 e. The van der Waals surface area contributed by atoms with Crippen molar-refractivity contribution >= 4 is 5.69 Å². The Kier molecular flexibility index (Phi) is 3.88. The Morgan fingerprint density at radius 1 is 1.33 bits per heavy atom. The summed E-state index contributed by atoms with van der Waals surface area (Å²) < 4.78 is 13.2. The molecule has 0 saturated carbocycles. The lowest BCUT2D eigenvalue weighted by molar-refractivity contribution is 0.136. The minimum atomic E-state index is -0.693. The maximum absolute atomic E-state index is 13.2. The van der Waals surface area contributed by atoms with E-state index in [1.807, 2.05) is 0 Å². The highest BCUT2D eigenvalue weighted by Crippen LogP contribution is 2.32. The molecule has 1 aliphatic rings. The molecule has 1 saturated heterocycles. The summed E-state index contributed by atoms with van der Waals surface area (Å²) in [6, 6.07) is 4.51. The predicted molar refractivity (Wildman–Crippen MR) is 69.0 cm³/mol. The number of benzene rings is 1. The lowest BCUT2D eigenvalue weighted by Gasteiger charge is -2.24. The highest BCUT2D eigenvalue weighted by molar-refractivity contribution is 5.55. The van der Waals surface area contributed by atoms with E-state index in [4.69, 9.17) is 0 Å². The molecule has 1 aliphatic heterocycles. The normalized spacial score (nSPS) is 23.2. The van der Waals surface area contributed by atoms with Crippen LogP contribution in [0.5, 0.6) is 0 Å². The van der Waals surface area contributed by atoms with Gasteiger partial charge in [-0.2, -0.15) is 0 Å². The Morgan fingerprint density at radius 3 is 2.61 bits per heavy atom. The average Bonchev–Trinajstić information content (AvgIpc) is 2.78. The summed E-state index contributed by atoms with van der Waals surface area (Å²) in [4.78, 5) is 2.11. The molecule has 0 aliphatic carbocycles. The SMILES string of the molecule is CC(O)C1CCN(c2ccc(F)cc2[C@H](C)O)C1. The quantitative estimate of drug-likeness (QED) is 0.867. The zero-order valence-corrected chi connectivity index (χ0v) is 10.8. The van der Waals surface area contributed by atoms with E-state index in [9.17, 15) is 14.6 Å². The van der Waals surface area contributed by atoms with Gasteiger partial charge in [0, 0.05) is 30.3 Å². The number of rotatable bonds is 3. The van der Waals surface area contributed by atoms with Crippen LogP contribution in [0.4, 0.5) is 10.1 Å². The second-order valence-corrected chi connectivity index (χ2v) is 5.11. The van der Waals surface area contributed by atoms with Crippen LogP contribution in [-0.2, 0) is 0 Å². The smallest absolute Gasteiger partial charge is 0.123 e. The molecule has 0 spiro atoms. The summed E-state index contributed by atoms with van der Waals surface area (Å²) in [5.74, 6) is -0.0853. The Morgan fingerprint density at radius 2 is 2.06 bits per heavy atom. The third-order valence-corrected chi connectivity index (χ3v) is 3.69. The molecule has 0 amide bonds.